The third-order valence-corrected chi connectivity index (χ3v) is 3.38. The topological polar surface area (TPSA) is 3.24 Å². The minimum absolute atomic E-state index is 0.653. The molecule has 0 amide bonds. The van der Waals surface area contributed by atoms with E-state index in [2.05, 4.69) is 41.7 Å². The molecule has 0 aliphatic heterocycles. The van der Waals surface area contributed by atoms with Gasteiger partial charge >= 0.3 is 0 Å². The largest absolute Gasteiger partial charge is 0.306 e. The summed E-state index contributed by atoms with van der Waals surface area (Å²) in [4.78, 5) is 3.08. The molecule has 0 saturated carbocycles. The number of alkyl halides is 1. The van der Waals surface area contributed by atoms with Crippen LogP contribution in [0.3, 0.4) is 0 Å². The van der Waals surface area contributed by atoms with E-state index in [1.165, 1.54) is 37.4 Å². The van der Waals surface area contributed by atoms with Crippen LogP contribution in [0.25, 0.3) is 0 Å². The van der Waals surface area contributed by atoms with E-state index in [0.29, 0.717) is 4.83 Å². The average molecular weight is 268 g/mol. The number of halogens is 1. The number of nitrogens with zero attached hydrogens (tertiary/aromatic N) is 1. The van der Waals surface area contributed by atoms with Crippen LogP contribution in [0, 0.1) is 0 Å². The van der Waals surface area contributed by atoms with E-state index < -0.39 is 0 Å². The van der Waals surface area contributed by atoms with Gasteiger partial charge in [0.2, 0.25) is 0 Å². The lowest BCUT2D eigenvalue weighted by molar-refractivity contribution is 0.332. The van der Waals surface area contributed by atoms with Crippen LogP contribution in [-0.2, 0) is 0 Å². The average Bonchev–Trinajstić information content (AvgIpc) is 2.09. The Morgan fingerprint density at radius 3 is 2.62 bits per heavy atom. The van der Waals surface area contributed by atoms with Crippen LogP contribution >= 0.6 is 27.7 Å². The summed E-state index contributed by atoms with van der Waals surface area (Å²) in [5.74, 6) is 2.56. The van der Waals surface area contributed by atoms with Gasteiger partial charge in [0, 0.05) is 4.83 Å². The Hall–Kier alpha value is 0.790. The van der Waals surface area contributed by atoms with Crippen molar-refractivity contribution in [3.63, 3.8) is 0 Å². The highest BCUT2D eigenvalue weighted by Crippen LogP contribution is 2.05. The lowest BCUT2D eigenvalue weighted by atomic mass is 10.3. The van der Waals surface area contributed by atoms with Gasteiger partial charge in [-0.25, -0.2) is 0 Å². The highest BCUT2D eigenvalue weighted by Gasteiger charge is 2.00. The van der Waals surface area contributed by atoms with Gasteiger partial charge in [-0.1, -0.05) is 29.8 Å². The van der Waals surface area contributed by atoms with E-state index >= 15 is 0 Å². The Balaban J connectivity index is 3.15. The summed E-state index contributed by atoms with van der Waals surface area (Å²) >= 11 is 5.60. The molecule has 0 saturated heterocycles. The molecule has 3 heteroatoms. The standard InChI is InChI=1S/C10H22BrNS/c1-4-13-9-5-7-12(3)8-6-10(2)11/h10H,4-9H2,1-3H3. The molecular weight excluding hydrogens is 246 g/mol. The highest BCUT2D eigenvalue weighted by molar-refractivity contribution is 9.09. The molecule has 0 aliphatic carbocycles. The second kappa shape index (κ2) is 9.35. The molecule has 0 heterocycles. The van der Waals surface area contributed by atoms with Crippen molar-refractivity contribution in [2.75, 3.05) is 31.6 Å². The zero-order valence-electron chi connectivity index (χ0n) is 9.05. The van der Waals surface area contributed by atoms with Crippen molar-refractivity contribution in [1.82, 2.24) is 4.90 Å². The highest BCUT2D eigenvalue weighted by atomic mass is 79.9. The van der Waals surface area contributed by atoms with Crippen molar-refractivity contribution >= 4 is 27.7 Å². The van der Waals surface area contributed by atoms with Gasteiger partial charge in [0.15, 0.2) is 0 Å². The summed E-state index contributed by atoms with van der Waals surface area (Å²) in [6.07, 6.45) is 2.57. The number of hydrogen-bond acceptors (Lipinski definition) is 2. The Morgan fingerprint density at radius 2 is 2.08 bits per heavy atom. The molecule has 80 valence electrons. The fraction of sp³-hybridized carbons (Fsp3) is 1.00. The zero-order chi connectivity index (χ0) is 10.1. The summed E-state index contributed by atoms with van der Waals surface area (Å²) in [5.41, 5.74) is 0. The number of thioether (sulfide) groups is 1. The summed E-state index contributed by atoms with van der Waals surface area (Å²) in [6.45, 7) is 6.89. The van der Waals surface area contributed by atoms with Gasteiger partial charge in [0.25, 0.3) is 0 Å². The molecule has 0 aromatic carbocycles. The monoisotopic (exact) mass is 267 g/mol. The SMILES string of the molecule is CCSCCCN(C)CCC(C)Br. The Morgan fingerprint density at radius 1 is 1.38 bits per heavy atom. The second-order valence-electron chi connectivity index (χ2n) is 3.42. The van der Waals surface area contributed by atoms with Crippen LogP contribution < -0.4 is 0 Å². The minimum atomic E-state index is 0.653. The fourth-order valence-electron chi connectivity index (χ4n) is 1.09. The minimum Gasteiger partial charge on any atom is -0.306 e. The normalized spacial score (nSPS) is 13.6. The van der Waals surface area contributed by atoms with Gasteiger partial charge in [-0.2, -0.15) is 11.8 Å². The molecule has 0 rings (SSSR count). The first-order valence-electron chi connectivity index (χ1n) is 5.07. The predicted octanol–water partition coefficient (Wildman–Crippen LogP) is 3.23. The third-order valence-electron chi connectivity index (χ3n) is 1.94. The van der Waals surface area contributed by atoms with Crippen LogP contribution in [0.5, 0.6) is 0 Å². The molecular formula is C10H22BrNS. The maximum Gasteiger partial charge on any atom is 0.0129 e. The summed E-state index contributed by atoms with van der Waals surface area (Å²) < 4.78 is 0. The smallest absolute Gasteiger partial charge is 0.0129 e. The predicted molar refractivity (Wildman–Crippen MR) is 68.1 cm³/mol. The van der Waals surface area contributed by atoms with Gasteiger partial charge in [-0.05, 0) is 44.5 Å². The van der Waals surface area contributed by atoms with E-state index in [1.54, 1.807) is 0 Å². The molecule has 1 atom stereocenters. The lowest BCUT2D eigenvalue weighted by Gasteiger charge is -2.16. The fourth-order valence-corrected chi connectivity index (χ4v) is 1.92. The van der Waals surface area contributed by atoms with Gasteiger partial charge < -0.3 is 4.90 Å². The van der Waals surface area contributed by atoms with Crippen molar-refractivity contribution in [3.8, 4) is 0 Å². The molecule has 0 aromatic heterocycles. The van der Waals surface area contributed by atoms with E-state index in [-0.39, 0.29) is 0 Å². The number of hydrogen-bond donors (Lipinski definition) is 0. The quantitative estimate of drug-likeness (QED) is 0.491. The van der Waals surface area contributed by atoms with Crippen LogP contribution in [0.1, 0.15) is 26.7 Å². The molecule has 13 heavy (non-hydrogen) atoms. The zero-order valence-corrected chi connectivity index (χ0v) is 11.5. The molecule has 1 nitrogen and oxygen atoms in total. The third kappa shape index (κ3) is 10.7. The molecule has 1 unspecified atom stereocenters. The van der Waals surface area contributed by atoms with Crippen molar-refractivity contribution < 1.29 is 0 Å². The molecule has 0 fully saturated rings. The summed E-state index contributed by atoms with van der Waals surface area (Å²) in [6, 6.07) is 0. The van der Waals surface area contributed by atoms with E-state index in [0.717, 1.165) is 0 Å². The Bertz CT molecular complexity index is 109. The van der Waals surface area contributed by atoms with E-state index in [4.69, 9.17) is 0 Å². The van der Waals surface area contributed by atoms with Crippen LogP contribution in [0.2, 0.25) is 0 Å². The summed E-state index contributed by atoms with van der Waals surface area (Å²) in [7, 11) is 2.21. The van der Waals surface area contributed by atoms with Crippen LogP contribution in [0.4, 0.5) is 0 Å². The number of rotatable bonds is 8. The first-order chi connectivity index (χ1) is 6.16. The van der Waals surface area contributed by atoms with E-state index in [1.807, 2.05) is 11.8 Å². The van der Waals surface area contributed by atoms with Crippen molar-refractivity contribution in [2.24, 2.45) is 0 Å². The molecule has 0 aliphatic rings. The second-order valence-corrected chi connectivity index (χ2v) is 6.38. The van der Waals surface area contributed by atoms with Gasteiger partial charge in [0.05, 0.1) is 0 Å². The van der Waals surface area contributed by atoms with Crippen molar-refractivity contribution in [1.29, 1.82) is 0 Å². The van der Waals surface area contributed by atoms with Crippen molar-refractivity contribution in [3.05, 3.63) is 0 Å². The molecule has 0 spiro atoms. The molecule has 0 N–H and O–H groups in total. The maximum absolute atomic E-state index is 3.57. The van der Waals surface area contributed by atoms with E-state index in [9.17, 15) is 0 Å². The first kappa shape index (κ1) is 13.8. The molecule has 0 radical (unpaired) electrons. The lowest BCUT2D eigenvalue weighted by Crippen LogP contribution is -2.22. The van der Waals surface area contributed by atoms with Gasteiger partial charge in [-0.15, -0.1) is 0 Å². The first-order valence-corrected chi connectivity index (χ1v) is 7.14. The van der Waals surface area contributed by atoms with Crippen LogP contribution in [0.15, 0.2) is 0 Å². The molecule has 0 aromatic rings. The van der Waals surface area contributed by atoms with Crippen LogP contribution in [-0.4, -0.2) is 41.4 Å². The van der Waals surface area contributed by atoms with Crippen molar-refractivity contribution in [2.45, 2.75) is 31.5 Å². The Labute approximate surface area is 95.8 Å². The van der Waals surface area contributed by atoms with Gasteiger partial charge in [-0.3, -0.25) is 0 Å². The maximum atomic E-state index is 3.57. The Kier molecular flexibility index (Phi) is 9.92. The summed E-state index contributed by atoms with van der Waals surface area (Å²) in [5, 5.41) is 0. The van der Waals surface area contributed by atoms with Gasteiger partial charge in [0.1, 0.15) is 0 Å². The molecule has 0 bridgehead atoms.